The second kappa shape index (κ2) is 9.08. The highest BCUT2D eigenvalue weighted by molar-refractivity contribution is 5.80. The average Bonchev–Trinajstić information content (AvgIpc) is 2.59. The number of carbonyl (C=O) groups excluding carboxylic acids is 1. The van der Waals surface area contributed by atoms with Crippen molar-refractivity contribution in [2.45, 2.75) is 32.8 Å². The molecule has 122 valence electrons. The summed E-state index contributed by atoms with van der Waals surface area (Å²) in [5.74, 6) is -0.117. The third kappa shape index (κ3) is 5.51. The minimum absolute atomic E-state index is 0.117. The predicted molar refractivity (Wildman–Crippen MR) is 89.7 cm³/mol. The van der Waals surface area contributed by atoms with Gasteiger partial charge in [0.25, 0.3) is 0 Å². The molecule has 0 radical (unpaired) electrons. The van der Waals surface area contributed by atoms with Crippen molar-refractivity contribution in [2.75, 3.05) is 7.11 Å². The number of rotatable bonds is 8. The lowest BCUT2D eigenvalue weighted by Gasteiger charge is -2.15. The van der Waals surface area contributed by atoms with Crippen LogP contribution in [0.5, 0.6) is 0 Å². The molecule has 0 aliphatic carbocycles. The summed E-state index contributed by atoms with van der Waals surface area (Å²) in [5, 5.41) is 2.91. The van der Waals surface area contributed by atoms with Crippen LogP contribution in [-0.4, -0.2) is 19.1 Å². The molecule has 4 heteroatoms. The molecule has 0 aromatic heterocycles. The van der Waals surface area contributed by atoms with E-state index in [-0.39, 0.29) is 5.91 Å². The number of benzene rings is 2. The molecule has 0 fully saturated rings. The topological polar surface area (TPSA) is 47.6 Å². The zero-order valence-corrected chi connectivity index (χ0v) is 13.6. The fourth-order valence-electron chi connectivity index (χ4n) is 2.22. The quantitative estimate of drug-likeness (QED) is 0.815. The molecule has 0 spiro atoms. The molecule has 0 aliphatic heterocycles. The molecule has 0 aliphatic rings. The minimum atomic E-state index is -0.496. The lowest BCUT2D eigenvalue weighted by molar-refractivity contribution is -0.132. The van der Waals surface area contributed by atoms with E-state index in [9.17, 15) is 4.79 Å². The monoisotopic (exact) mass is 313 g/mol. The Labute approximate surface area is 137 Å². The van der Waals surface area contributed by atoms with Crippen LogP contribution >= 0.6 is 0 Å². The summed E-state index contributed by atoms with van der Waals surface area (Å²) in [4.78, 5) is 12.1. The normalized spacial score (nSPS) is 11.9. The number of hydrogen-bond donors (Lipinski definition) is 1. The van der Waals surface area contributed by atoms with Gasteiger partial charge in [-0.25, -0.2) is 0 Å². The molecule has 0 saturated heterocycles. The Hall–Kier alpha value is -2.17. The summed E-state index contributed by atoms with van der Waals surface area (Å²) >= 11 is 0. The van der Waals surface area contributed by atoms with Gasteiger partial charge in [0.05, 0.1) is 13.2 Å². The first-order valence-electron chi connectivity index (χ1n) is 7.69. The highest BCUT2D eigenvalue weighted by Gasteiger charge is 2.13. The third-order valence-corrected chi connectivity index (χ3v) is 3.58. The van der Waals surface area contributed by atoms with E-state index in [1.807, 2.05) is 54.6 Å². The van der Waals surface area contributed by atoms with Crippen LogP contribution < -0.4 is 5.32 Å². The zero-order valence-electron chi connectivity index (χ0n) is 13.6. The van der Waals surface area contributed by atoms with E-state index in [1.54, 1.807) is 14.0 Å². The molecule has 0 saturated carbocycles. The molecule has 2 aromatic carbocycles. The van der Waals surface area contributed by atoms with Gasteiger partial charge in [-0.05, 0) is 23.6 Å². The van der Waals surface area contributed by atoms with Crippen LogP contribution in [0.3, 0.4) is 0 Å². The van der Waals surface area contributed by atoms with Crippen LogP contribution in [0.2, 0.25) is 0 Å². The molecule has 2 aromatic rings. The van der Waals surface area contributed by atoms with Gasteiger partial charge in [0, 0.05) is 13.7 Å². The summed E-state index contributed by atoms with van der Waals surface area (Å²) in [6.45, 7) is 3.19. The number of nitrogens with one attached hydrogen (secondary N) is 1. The average molecular weight is 313 g/mol. The van der Waals surface area contributed by atoms with E-state index < -0.39 is 6.10 Å². The summed E-state index contributed by atoms with van der Waals surface area (Å²) < 4.78 is 10.8. The minimum Gasteiger partial charge on any atom is -0.380 e. The van der Waals surface area contributed by atoms with Crippen molar-refractivity contribution in [3.8, 4) is 0 Å². The Kier molecular flexibility index (Phi) is 6.78. The number of methoxy groups -OCH3 is 1. The van der Waals surface area contributed by atoms with Crippen LogP contribution in [0.15, 0.2) is 54.6 Å². The second-order valence-corrected chi connectivity index (χ2v) is 5.36. The first-order chi connectivity index (χ1) is 11.2. The van der Waals surface area contributed by atoms with Gasteiger partial charge in [0.2, 0.25) is 5.91 Å². The number of amides is 1. The Morgan fingerprint density at radius 1 is 1.00 bits per heavy atom. The smallest absolute Gasteiger partial charge is 0.249 e. The van der Waals surface area contributed by atoms with Gasteiger partial charge in [-0.2, -0.15) is 0 Å². The molecule has 1 N–H and O–H groups in total. The highest BCUT2D eigenvalue weighted by atomic mass is 16.5. The molecule has 1 amide bonds. The van der Waals surface area contributed by atoms with E-state index in [0.717, 1.165) is 16.7 Å². The Balaban J connectivity index is 1.82. The SMILES string of the molecule is COCc1ccccc1CNC(=O)[C@H](C)OCc1ccccc1. The fraction of sp³-hybridized carbons (Fsp3) is 0.316. The highest BCUT2D eigenvalue weighted by Crippen LogP contribution is 2.10. The third-order valence-electron chi connectivity index (χ3n) is 3.58. The Bertz CT molecular complexity index is 613. The lowest BCUT2D eigenvalue weighted by atomic mass is 10.1. The van der Waals surface area contributed by atoms with Gasteiger partial charge < -0.3 is 14.8 Å². The molecule has 1 atom stereocenters. The molecular formula is C19H23NO3. The van der Waals surface area contributed by atoms with Gasteiger partial charge in [-0.3, -0.25) is 4.79 Å². The summed E-state index contributed by atoms with van der Waals surface area (Å²) in [6.07, 6.45) is -0.496. The Morgan fingerprint density at radius 3 is 2.35 bits per heavy atom. The summed E-state index contributed by atoms with van der Waals surface area (Å²) in [5.41, 5.74) is 3.18. The van der Waals surface area contributed by atoms with Gasteiger partial charge in [-0.1, -0.05) is 54.6 Å². The molecule has 0 bridgehead atoms. The Morgan fingerprint density at radius 2 is 1.65 bits per heavy atom. The van der Waals surface area contributed by atoms with Crippen molar-refractivity contribution in [2.24, 2.45) is 0 Å². The van der Waals surface area contributed by atoms with Crippen molar-refractivity contribution in [1.82, 2.24) is 5.32 Å². The molecule has 4 nitrogen and oxygen atoms in total. The maximum Gasteiger partial charge on any atom is 0.249 e. The number of carbonyl (C=O) groups is 1. The van der Waals surface area contributed by atoms with Gasteiger partial charge in [-0.15, -0.1) is 0 Å². The maximum absolute atomic E-state index is 12.1. The molecule has 23 heavy (non-hydrogen) atoms. The van der Waals surface area contributed by atoms with Crippen molar-refractivity contribution in [1.29, 1.82) is 0 Å². The van der Waals surface area contributed by atoms with E-state index in [4.69, 9.17) is 9.47 Å². The fourth-order valence-corrected chi connectivity index (χ4v) is 2.22. The van der Waals surface area contributed by atoms with Crippen molar-refractivity contribution >= 4 is 5.91 Å². The van der Waals surface area contributed by atoms with Crippen molar-refractivity contribution < 1.29 is 14.3 Å². The summed E-state index contributed by atoms with van der Waals surface area (Å²) in [6, 6.07) is 17.7. The zero-order chi connectivity index (χ0) is 16.5. The largest absolute Gasteiger partial charge is 0.380 e. The van der Waals surface area contributed by atoms with E-state index >= 15 is 0 Å². The van der Waals surface area contributed by atoms with Gasteiger partial charge in [0.1, 0.15) is 6.10 Å². The van der Waals surface area contributed by atoms with Crippen LogP contribution in [-0.2, 0) is 34.0 Å². The molecular weight excluding hydrogens is 290 g/mol. The standard InChI is InChI=1S/C19H23NO3/c1-15(23-13-16-8-4-3-5-9-16)19(21)20-12-17-10-6-7-11-18(17)14-22-2/h3-11,15H,12-14H2,1-2H3,(H,20,21)/t15-/m0/s1. The second-order valence-electron chi connectivity index (χ2n) is 5.36. The van der Waals surface area contributed by atoms with E-state index in [2.05, 4.69) is 5.32 Å². The maximum atomic E-state index is 12.1. The molecule has 0 heterocycles. The summed E-state index contributed by atoms with van der Waals surface area (Å²) in [7, 11) is 1.66. The number of hydrogen-bond acceptors (Lipinski definition) is 3. The van der Waals surface area contributed by atoms with Crippen LogP contribution in [0.1, 0.15) is 23.6 Å². The lowest BCUT2D eigenvalue weighted by Crippen LogP contribution is -2.34. The van der Waals surface area contributed by atoms with Crippen molar-refractivity contribution in [3.63, 3.8) is 0 Å². The predicted octanol–water partition coefficient (Wildman–Crippen LogP) is 3.05. The van der Waals surface area contributed by atoms with Crippen LogP contribution in [0.25, 0.3) is 0 Å². The molecule has 0 unspecified atom stereocenters. The van der Waals surface area contributed by atoms with E-state index in [1.165, 1.54) is 0 Å². The first kappa shape index (κ1) is 17.2. The molecule has 2 rings (SSSR count). The first-order valence-corrected chi connectivity index (χ1v) is 7.69. The van der Waals surface area contributed by atoms with Gasteiger partial charge >= 0.3 is 0 Å². The van der Waals surface area contributed by atoms with Gasteiger partial charge in [0.15, 0.2) is 0 Å². The van der Waals surface area contributed by atoms with Crippen LogP contribution in [0, 0.1) is 0 Å². The van der Waals surface area contributed by atoms with Crippen LogP contribution in [0.4, 0.5) is 0 Å². The number of ether oxygens (including phenoxy) is 2. The van der Waals surface area contributed by atoms with Crippen molar-refractivity contribution in [3.05, 3.63) is 71.3 Å². The van der Waals surface area contributed by atoms with E-state index in [0.29, 0.717) is 19.8 Å².